The van der Waals surface area contributed by atoms with Crippen LogP contribution < -0.4 is 15.2 Å². The van der Waals surface area contributed by atoms with Crippen molar-refractivity contribution in [2.45, 2.75) is 30.8 Å². The minimum Gasteiger partial charge on any atom is -0.493 e. The Kier molecular flexibility index (Phi) is 6.66. The Hall–Kier alpha value is -2.33. The highest BCUT2D eigenvalue weighted by Crippen LogP contribution is 2.32. The van der Waals surface area contributed by atoms with Gasteiger partial charge in [-0.2, -0.15) is 4.31 Å². The van der Waals surface area contributed by atoms with E-state index in [1.807, 2.05) is 0 Å². The van der Waals surface area contributed by atoms with E-state index in [0.29, 0.717) is 24.3 Å². The number of benzene rings is 1. The Balaban J connectivity index is 2.06. The van der Waals surface area contributed by atoms with Crippen LogP contribution in [0.1, 0.15) is 19.8 Å². The molecular weight excluding hydrogens is 376 g/mol. The highest BCUT2D eigenvalue weighted by molar-refractivity contribution is 7.89. The van der Waals surface area contributed by atoms with E-state index in [2.05, 4.69) is 0 Å². The maximum Gasteiger partial charge on any atom is 0.309 e. The SMILES string of the molecule is COc1ccc(S(=O)(=O)N2CCC(C(=O)O[C@H](C)C(N)=O)CC2)cc1OC. The van der Waals surface area contributed by atoms with Crippen LogP contribution in [-0.4, -0.2) is 58.0 Å². The molecule has 0 spiro atoms. The van der Waals surface area contributed by atoms with Gasteiger partial charge in [0.05, 0.1) is 25.0 Å². The van der Waals surface area contributed by atoms with Gasteiger partial charge in [0.15, 0.2) is 17.6 Å². The molecule has 10 heteroatoms. The predicted octanol–water partition coefficient (Wildman–Crippen LogP) is 0.522. The molecule has 0 saturated carbocycles. The summed E-state index contributed by atoms with van der Waals surface area (Å²) in [6.07, 6.45) is -0.403. The Labute approximate surface area is 158 Å². The van der Waals surface area contributed by atoms with Crippen molar-refractivity contribution in [3.63, 3.8) is 0 Å². The minimum absolute atomic E-state index is 0.0866. The average Bonchev–Trinajstić information content (AvgIpc) is 2.67. The fourth-order valence-corrected chi connectivity index (χ4v) is 4.27. The second-order valence-electron chi connectivity index (χ2n) is 6.18. The number of sulfonamides is 1. The standard InChI is InChI=1S/C17H24N2O7S/c1-11(16(18)20)26-17(21)12-6-8-19(9-7-12)27(22,23)13-4-5-14(24-2)15(10-13)25-3/h4-5,10-12H,6-9H2,1-3H3,(H2,18,20)/t11-/m1/s1. The number of nitrogens with zero attached hydrogens (tertiary/aromatic N) is 1. The highest BCUT2D eigenvalue weighted by atomic mass is 32.2. The maximum absolute atomic E-state index is 12.9. The van der Waals surface area contributed by atoms with Gasteiger partial charge in [-0.1, -0.05) is 0 Å². The lowest BCUT2D eigenvalue weighted by molar-refractivity contribution is -0.159. The van der Waals surface area contributed by atoms with E-state index in [1.54, 1.807) is 0 Å². The van der Waals surface area contributed by atoms with Crippen LogP contribution in [0, 0.1) is 5.92 Å². The monoisotopic (exact) mass is 400 g/mol. The van der Waals surface area contributed by atoms with Gasteiger partial charge < -0.3 is 19.9 Å². The first-order valence-electron chi connectivity index (χ1n) is 8.42. The van der Waals surface area contributed by atoms with Gasteiger partial charge in [0.25, 0.3) is 5.91 Å². The van der Waals surface area contributed by atoms with E-state index in [9.17, 15) is 18.0 Å². The molecule has 1 fully saturated rings. The molecule has 1 aliphatic heterocycles. The van der Waals surface area contributed by atoms with Crippen LogP contribution in [0.15, 0.2) is 23.1 Å². The molecule has 1 aliphatic rings. The van der Waals surface area contributed by atoms with Gasteiger partial charge in [0.1, 0.15) is 0 Å². The lowest BCUT2D eigenvalue weighted by Crippen LogP contribution is -2.41. The lowest BCUT2D eigenvalue weighted by atomic mass is 9.98. The van der Waals surface area contributed by atoms with Gasteiger partial charge in [-0.15, -0.1) is 0 Å². The zero-order chi connectivity index (χ0) is 20.2. The summed E-state index contributed by atoms with van der Waals surface area (Å²) < 4.78 is 42.3. The van der Waals surface area contributed by atoms with Crippen molar-refractivity contribution >= 4 is 21.9 Å². The quantitative estimate of drug-likeness (QED) is 0.662. The van der Waals surface area contributed by atoms with Crippen LogP contribution in [0.4, 0.5) is 0 Å². The maximum atomic E-state index is 12.9. The molecule has 1 aromatic rings. The summed E-state index contributed by atoms with van der Waals surface area (Å²) in [6.45, 7) is 1.74. The van der Waals surface area contributed by atoms with Gasteiger partial charge >= 0.3 is 5.97 Å². The summed E-state index contributed by atoms with van der Waals surface area (Å²) in [7, 11) is -0.837. The van der Waals surface area contributed by atoms with Crippen LogP contribution in [0.2, 0.25) is 0 Å². The Morgan fingerprint density at radius 3 is 2.26 bits per heavy atom. The van der Waals surface area contributed by atoms with Crippen molar-refractivity contribution in [3.8, 4) is 11.5 Å². The fraction of sp³-hybridized carbons (Fsp3) is 0.529. The zero-order valence-electron chi connectivity index (χ0n) is 15.5. The summed E-state index contributed by atoms with van der Waals surface area (Å²) in [4.78, 5) is 23.1. The van der Waals surface area contributed by atoms with E-state index in [4.69, 9.17) is 19.9 Å². The largest absolute Gasteiger partial charge is 0.493 e. The minimum atomic E-state index is -3.73. The molecule has 1 amide bonds. The molecule has 2 rings (SSSR count). The van der Waals surface area contributed by atoms with E-state index >= 15 is 0 Å². The van der Waals surface area contributed by atoms with Crippen molar-refractivity contribution in [1.29, 1.82) is 0 Å². The van der Waals surface area contributed by atoms with Crippen molar-refractivity contribution in [2.75, 3.05) is 27.3 Å². The molecule has 0 aliphatic carbocycles. The number of amides is 1. The molecule has 0 bridgehead atoms. The number of carbonyl (C=O) groups excluding carboxylic acids is 2. The number of ether oxygens (including phenoxy) is 3. The normalized spacial score (nSPS) is 17.1. The smallest absolute Gasteiger partial charge is 0.309 e. The summed E-state index contributed by atoms with van der Waals surface area (Å²) in [5.41, 5.74) is 5.08. The second-order valence-corrected chi connectivity index (χ2v) is 8.11. The van der Waals surface area contributed by atoms with Crippen LogP contribution in [0.5, 0.6) is 11.5 Å². The van der Waals surface area contributed by atoms with Crippen molar-refractivity contribution in [2.24, 2.45) is 11.7 Å². The van der Waals surface area contributed by atoms with Gasteiger partial charge in [-0.3, -0.25) is 9.59 Å². The van der Waals surface area contributed by atoms with Gasteiger partial charge in [0.2, 0.25) is 10.0 Å². The molecule has 0 aromatic heterocycles. The number of methoxy groups -OCH3 is 2. The molecule has 0 unspecified atom stereocenters. The Bertz CT molecular complexity index is 801. The van der Waals surface area contributed by atoms with E-state index < -0.39 is 33.9 Å². The number of rotatable bonds is 7. The third-order valence-electron chi connectivity index (χ3n) is 4.47. The molecule has 1 aromatic carbocycles. The first kappa shape index (κ1) is 21.0. The Morgan fingerprint density at radius 1 is 1.15 bits per heavy atom. The number of esters is 1. The molecule has 1 saturated heterocycles. The van der Waals surface area contributed by atoms with Gasteiger partial charge in [0, 0.05) is 19.2 Å². The molecular formula is C17H24N2O7S. The van der Waals surface area contributed by atoms with Crippen LogP contribution in [0.25, 0.3) is 0 Å². The summed E-state index contributed by atoms with van der Waals surface area (Å²) in [6, 6.07) is 4.38. The number of primary amides is 1. The number of hydrogen-bond acceptors (Lipinski definition) is 7. The number of nitrogens with two attached hydrogens (primary N) is 1. The van der Waals surface area contributed by atoms with Crippen molar-refractivity contribution in [3.05, 3.63) is 18.2 Å². The van der Waals surface area contributed by atoms with Crippen molar-refractivity contribution in [1.82, 2.24) is 4.31 Å². The fourth-order valence-electron chi connectivity index (χ4n) is 2.79. The molecule has 9 nitrogen and oxygen atoms in total. The van der Waals surface area contributed by atoms with Crippen molar-refractivity contribution < 1.29 is 32.2 Å². The van der Waals surface area contributed by atoms with Gasteiger partial charge in [-0.05, 0) is 31.9 Å². The second kappa shape index (κ2) is 8.57. The van der Waals surface area contributed by atoms with E-state index in [1.165, 1.54) is 43.6 Å². The number of piperidine rings is 1. The summed E-state index contributed by atoms with van der Waals surface area (Å²) >= 11 is 0. The zero-order valence-corrected chi connectivity index (χ0v) is 16.3. The van der Waals surface area contributed by atoms with Crippen LogP contribution >= 0.6 is 0 Å². The number of carbonyl (C=O) groups is 2. The van der Waals surface area contributed by atoms with Gasteiger partial charge in [-0.25, -0.2) is 8.42 Å². The number of hydrogen-bond donors (Lipinski definition) is 1. The molecule has 1 heterocycles. The highest BCUT2D eigenvalue weighted by Gasteiger charge is 2.34. The topological polar surface area (TPSA) is 125 Å². The molecule has 150 valence electrons. The third kappa shape index (κ3) is 4.69. The first-order valence-corrected chi connectivity index (χ1v) is 9.86. The molecule has 2 N–H and O–H groups in total. The molecule has 27 heavy (non-hydrogen) atoms. The van der Waals surface area contributed by atoms with E-state index in [0.717, 1.165) is 0 Å². The van der Waals surface area contributed by atoms with Crippen LogP contribution in [0.3, 0.4) is 0 Å². The lowest BCUT2D eigenvalue weighted by Gasteiger charge is -2.30. The first-order chi connectivity index (χ1) is 12.7. The molecule has 1 atom stereocenters. The summed E-state index contributed by atoms with van der Waals surface area (Å²) in [5, 5.41) is 0. The predicted molar refractivity (Wildman–Crippen MR) is 95.8 cm³/mol. The molecule has 0 radical (unpaired) electrons. The van der Waals surface area contributed by atoms with Crippen LogP contribution in [-0.2, 0) is 24.3 Å². The average molecular weight is 400 g/mol. The van der Waals surface area contributed by atoms with E-state index in [-0.39, 0.29) is 18.0 Å². The summed E-state index contributed by atoms with van der Waals surface area (Å²) in [5.74, 6) is -0.983. The third-order valence-corrected chi connectivity index (χ3v) is 6.37. The Morgan fingerprint density at radius 2 is 1.74 bits per heavy atom.